The molecule has 0 rings (SSSR count). The Kier molecular flexibility index (Phi) is 53.0. The minimum absolute atomic E-state index is 0.00722. The van der Waals surface area contributed by atoms with Crippen molar-refractivity contribution < 1.29 is 24.5 Å². The molecular formula is C58H113NO5. The van der Waals surface area contributed by atoms with Crippen LogP contribution in [-0.4, -0.2) is 47.4 Å². The Morgan fingerprint density at radius 2 is 0.719 bits per heavy atom. The zero-order chi connectivity index (χ0) is 46.5. The maximum atomic E-state index is 12.4. The first-order valence-electron chi connectivity index (χ1n) is 29.0. The van der Waals surface area contributed by atoms with Crippen LogP contribution in [0.4, 0.5) is 0 Å². The van der Waals surface area contributed by atoms with Gasteiger partial charge < -0.3 is 20.3 Å². The summed E-state index contributed by atoms with van der Waals surface area (Å²) in [5.41, 5.74) is 0. The zero-order valence-electron chi connectivity index (χ0n) is 43.3. The summed E-state index contributed by atoms with van der Waals surface area (Å²) in [6.45, 7) is 4.90. The number of esters is 1. The highest BCUT2D eigenvalue weighted by Gasteiger charge is 2.18. The molecule has 0 fully saturated rings. The van der Waals surface area contributed by atoms with Crippen LogP contribution in [0, 0.1) is 0 Å². The van der Waals surface area contributed by atoms with Crippen molar-refractivity contribution in [3.05, 3.63) is 12.2 Å². The van der Waals surface area contributed by atoms with Crippen molar-refractivity contribution in [1.29, 1.82) is 0 Å². The van der Waals surface area contributed by atoms with E-state index in [4.69, 9.17) is 4.74 Å². The number of allylic oxidation sites excluding steroid dienone is 1. The molecule has 0 spiro atoms. The molecule has 2 unspecified atom stereocenters. The molecule has 0 aromatic rings. The van der Waals surface area contributed by atoms with Gasteiger partial charge in [0.15, 0.2) is 0 Å². The van der Waals surface area contributed by atoms with Gasteiger partial charge >= 0.3 is 5.97 Å². The molecule has 0 heterocycles. The Hall–Kier alpha value is -1.40. The summed E-state index contributed by atoms with van der Waals surface area (Å²) in [7, 11) is 0. The van der Waals surface area contributed by atoms with Gasteiger partial charge in [0, 0.05) is 12.8 Å². The predicted molar refractivity (Wildman–Crippen MR) is 278 cm³/mol. The molecule has 6 nitrogen and oxygen atoms in total. The Labute approximate surface area is 399 Å². The van der Waals surface area contributed by atoms with Crippen LogP contribution in [0.3, 0.4) is 0 Å². The Morgan fingerprint density at radius 1 is 0.422 bits per heavy atom. The Morgan fingerprint density at radius 3 is 1.06 bits per heavy atom. The van der Waals surface area contributed by atoms with Crippen molar-refractivity contribution in [2.24, 2.45) is 0 Å². The molecule has 64 heavy (non-hydrogen) atoms. The van der Waals surface area contributed by atoms with Gasteiger partial charge in [-0.3, -0.25) is 9.59 Å². The minimum atomic E-state index is -0.847. The smallest absolute Gasteiger partial charge is 0.305 e. The van der Waals surface area contributed by atoms with Gasteiger partial charge in [-0.25, -0.2) is 0 Å². The standard InChI is InChI=1S/C58H113NO5/c1-3-5-7-9-11-13-15-17-18-19-20-21-25-28-32-36-40-44-48-52-58(63)64-53-49-45-41-37-33-29-26-23-22-24-27-31-35-39-43-47-51-57(62)59-55(54-60)56(61)50-46-42-38-34-30-16-14-12-10-8-6-4-2/h46,50,55-56,60-61H,3-45,47-49,51-54H2,1-2H3,(H,59,62)/b50-46+. The van der Waals surface area contributed by atoms with Gasteiger partial charge in [0.1, 0.15) is 0 Å². The number of aliphatic hydroxyl groups is 2. The van der Waals surface area contributed by atoms with Crippen LogP contribution in [-0.2, 0) is 14.3 Å². The summed E-state index contributed by atoms with van der Waals surface area (Å²) < 4.78 is 5.49. The third kappa shape index (κ3) is 50.0. The molecule has 380 valence electrons. The van der Waals surface area contributed by atoms with E-state index in [0.717, 1.165) is 44.9 Å². The molecule has 0 aliphatic heterocycles. The van der Waals surface area contributed by atoms with Gasteiger partial charge in [0.25, 0.3) is 0 Å². The molecule has 0 bridgehead atoms. The summed E-state index contributed by atoms with van der Waals surface area (Å²) in [5.74, 6) is -0.0668. The van der Waals surface area contributed by atoms with E-state index in [0.29, 0.717) is 19.4 Å². The number of carbonyl (C=O) groups excluding carboxylic acids is 2. The molecule has 6 heteroatoms. The molecule has 0 saturated carbocycles. The molecular weight excluding hydrogens is 791 g/mol. The molecule has 0 aliphatic carbocycles. The summed E-state index contributed by atoms with van der Waals surface area (Å²) in [4.78, 5) is 24.5. The SMILES string of the molecule is CCCCCCCCCCCC/C=C/C(O)C(CO)NC(=O)CCCCCCCCCCCCCCCCCCOC(=O)CCCCCCCCCCCCCCCCCCCCC. The monoisotopic (exact) mass is 904 g/mol. The van der Waals surface area contributed by atoms with E-state index in [1.165, 1.54) is 250 Å². The number of aliphatic hydroxyl groups excluding tert-OH is 2. The number of rotatable bonds is 54. The van der Waals surface area contributed by atoms with Crippen molar-refractivity contribution in [3.63, 3.8) is 0 Å². The van der Waals surface area contributed by atoms with E-state index in [1.54, 1.807) is 6.08 Å². The van der Waals surface area contributed by atoms with E-state index in [2.05, 4.69) is 19.2 Å². The molecule has 0 aliphatic rings. The number of hydrogen-bond donors (Lipinski definition) is 3. The minimum Gasteiger partial charge on any atom is -0.466 e. The third-order valence-corrected chi connectivity index (χ3v) is 13.6. The first-order chi connectivity index (χ1) is 31.5. The normalized spacial score (nSPS) is 12.6. The van der Waals surface area contributed by atoms with Crippen molar-refractivity contribution in [2.75, 3.05) is 13.2 Å². The average Bonchev–Trinajstić information content (AvgIpc) is 3.29. The highest BCUT2D eigenvalue weighted by molar-refractivity contribution is 5.76. The number of carbonyl (C=O) groups is 2. The fourth-order valence-corrected chi connectivity index (χ4v) is 9.11. The van der Waals surface area contributed by atoms with Crippen molar-refractivity contribution in [3.8, 4) is 0 Å². The maximum Gasteiger partial charge on any atom is 0.305 e. The summed E-state index contributed by atoms with van der Waals surface area (Å²) in [6, 6.07) is -0.631. The second-order valence-electron chi connectivity index (χ2n) is 20.0. The molecule has 0 aromatic carbocycles. The van der Waals surface area contributed by atoms with Gasteiger partial charge in [0.2, 0.25) is 5.91 Å². The van der Waals surface area contributed by atoms with Gasteiger partial charge in [-0.1, -0.05) is 289 Å². The maximum absolute atomic E-state index is 12.4. The van der Waals surface area contributed by atoms with Gasteiger partial charge in [-0.05, 0) is 32.1 Å². The fraction of sp³-hybridized carbons (Fsp3) is 0.931. The first-order valence-corrected chi connectivity index (χ1v) is 29.0. The molecule has 0 radical (unpaired) electrons. The van der Waals surface area contributed by atoms with Gasteiger partial charge in [-0.2, -0.15) is 0 Å². The van der Waals surface area contributed by atoms with Crippen molar-refractivity contribution >= 4 is 11.9 Å². The Balaban J connectivity index is 3.39. The molecule has 0 aromatic heterocycles. The van der Waals surface area contributed by atoms with E-state index < -0.39 is 12.1 Å². The number of amides is 1. The van der Waals surface area contributed by atoms with E-state index >= 15 is 0 Å². The second-order valence-corrected chi connectivity index (χ2v) is 20.0. The predicted octanol–water partition coefficient (Wildman–Crippen LogP) is 17.7. The van der Waals surface area contributed by atoms with Crippen LogP contribution in [0.5, 0.6) is 0 Å². The zero-order valence-corrected chi connectivity index (χ0v) is 43.3. The number of ether oxygens (including phenoxy) is 1. The molecule has 0 saturated heterocycles. The highest BCUT2D eigenvalue weighted by Crippen LogP contribution is 2.17. The summed E-state index contributed by atoms with van der Waals surface area (Å²) in [5, 5.41) is 23.0. The first kappa shape index (κ1) is 62.6. The van der Waals surface area contributed by atoms with E-state index in [9.17, 15) is 19.8 Å². The van der Waals surface area contributed by atoms with Crippen LogP contribution in [0.1, 0.15) is 322 Å². The van der Waals surface area contributed by atoms with E-state index in [1.807, 2.05) is 6.08 Å². The number of nitrogens with one attached hydrogen (secondary N) is 1. The topological polar surface area (TPSA) is 95.9 Å². The summed E-state index contributed by atoms with van der Waals surface area (Å²) in [6.07, 6.45) is 63.8. The van der Waals surface area contributed by atoms with Crippen LogP contribution in [0.2, 0.25) is 0 Å². The molecule has 3 N–H and O–H groups in total. The largest absolute Gasteiger partial charge is 0.466 e. The second kappa shape index (κ2) is 54.2. The van der Waals surface area contributed by atoms with Crippen LogP contribution in [0.25, 0.3) is 0 Å². The molecule has 2 atom stereocenters. The lowest BCUT2D eigenvalue weighted by Gasteiger charge is -2.20. The lowest BCUT2D eigenvalue weighted by Crippen LogP contribution is -2.45. The van der Waals surface area contributed by atoms with Crippen LogP contribution >= 0.6 is 0 Å². The van der Waals surface area contributed by atoms with Gasteiger partial charge in [-0.15, -0.1) is 0 Å². The highest BCUT2D eigenvalue weighted by atomic mass is 16.5. The lowest BCUT2D eigenvalue weighted by atomic mass is 10.0. The van der Waals surface area contributed by atoms with Crippen LogP contribution in [0.15, 0.2) is 12.2 Å². The third-order valence-electron chi connectivity index (χ3n) is 13.6. The van der Waals surface area contributed by atoms with E-state index in [-0.39, 0.29) is 18.5 Å². The lowest BCUT2D eigenvalue weighted by molar-refractivity contribution is -0.143. The van der Waals surface area contributed by atoms with Crippen molar-refractivity contribution in [2.45, 2.75) is 334 Å². The van der Waals surface area contributed by atoms with Crippen LogP contribution < -0.4 is 5.32 Å². The fourth-order valence-electron chi connectivity index (χ4n) is 9.11. The number of hydrogen-bond acceptors (Lipinski definition) is 5. The molecule has 1 amide bonds. The quantitative estimate of drug-likeness (QED) is 0.0321. The number of unbranched alkanes of at least 4 members (excludes halogenated alkanes) is 43. The van der Waals surface area contributed by atoms with Crippen molar-refractivity contribution in [1.82, 2.24) is 5.32 Å². The Bertz CT molecular complexity index is 955. The van der Waals surface area contributed by atoms with Gasteiger partial charge in [0.05, 0.1) is 25.4 Å². The average molecular weight is 905 g/mol. The summed E-state index contributed by atoms with van der Waals surface area (Å²) >= 11 is 0.